The number of furan rings is 1. The number of nitrogens with one attached hydrogen (secondary N) is 1. The lowest BCUT2D eigenvalue weighted by atomic mass is 10.0. The van der Waals surface area contributed by atoms with Crippen LogP contribution in [0.15, 0.2) is 46.0 Å². The van der Waals surface area contributed by atoms with E-state index in [1.54, 1.807) is 31.2 Å². The highest BCUT2D eigenvalue weighted by Gasteiger charge is 2.25. The van der Waals surface area contributed by atoms with E-state index in [1.807, 2.05) is 12.1 Å². The molecule has 1 amide bonds. The van der Waals surface area contributed by atoms with E-state index < -0.39 is 5.25 Å². The Morgan fingerprint density at radius 2 is 1.97 bits per heavy atom. The van der Waals surface area contributed by atoms with Crippen LogP contribution in [-0.2, 0) is 4.79 Å². The smallest absolute Gasteiger partial charge is 0.237 e. The first kappa shape index (κ1) is 21.5. The van der Waals surface area contributed by atoms with Crippen LogP contribution in [-0.4, -0.2) is 16.1 Å². The summed E-state index contributed by atoms with van der Waals surface area (Å²) in [5, 5.41) is 22.2. The standard InChI is InChI=1S/C20H13Cl2N5O2S/c1-10(19(28)26-11-4-5-14(21)15(22)7-11)30-20-13(9-24)17(16-3-2-6-29-16)12(8-23)18(25)27-20/h2-7,10H,1H3,(H2,25,27)(H,26,28). The van der Waals surface area contributed by atoms with Gasteiger partial charge >= 0.3 is 0 Å². The zero-order chi connectivity index (χ0) is 21.8. The van der Waals surface area contributed by atoms with Crippen LogP contribution in [0.5, 0.6) is 0 Å². The van der Waals surface area contributed by atoms with Gasteiger partial charge < -0.3 is 15.5 Å². The molecule has 150 valence electrons. The maximum absolute atomic E-state index is 12.6. The Labute approximate surface area is 186 Å². The number of nitrogen functional groups attached to an aromatic ring is 1. The molecule has 2 heterocycles. The largest absolute Gasteiger partial charge is 0.464 e. The number of thioether (sulfide) groups is 1. The number of anilines is 2. The van der Waals surface area contributed by atoms with Gasteiger partial charge in [-0.15, -0.1) is 0 Å². The number of nitrogens with zero attached hydrogens (tertiary/aromatic N) is 3. The lowest BCUT2D eigenvalue weighted by Crippen LogP contribution is -2.22. The highest BCUT2D eigenvalue weighted by Crippen LogP contribution is 2.37. The van der Waals surface area contributed by atoms with Gasteiger partial charge in [0.25, 0.3) is 0 Å². The van der Waals surface area contributed by atoms with E-state index in [-0.39, 0.29) is 33.4 Å². The fraction of sp³-hybridized carbons (Fsp3) is 0.100. The molecule has 0 saturated heterocycles. The molecule has 0 bridgehead atoms. The number of halogens is 2. The van der Waals surface area contributed by atoms with Crippen molar-refractivity contribution in [2.24, 2.45) is 0 Å². The second-order valence-electron chi connectivity index (χ2n) is 6.01. The van der Waals surface area contributed by atoms with E-state index in [9.17, 15) is 15.3 Å². The van der Waals surface area contributed by atoms with E-state index in [0.717, 1.165) is 11.8 Å². The molecule has 1 aromatic carbocycles. The van der Waals surface area contributed by atoms with Gasteiger partial charge in [0.05, 0.1) is 32.7 Å². The van der Waals surface area contributed by atoms with Crippen LogP contribution in [0.2, 0.25) is 10.0 Å². The number of carbonyl (C=O) groups is 1. The van der Waals surface area contributed by atoms with Crippen LogP contribution >= 0.6 is 35.0 Å². The van der Waals surface area contributed by atoms with E-state index in [4.69, 9.17) is 33.4 Å². The van der Waals surface area contributed by atoms with Gasteiger partial charge in [0.2, 0.25) is 5.91 Å². The highest BCUT2D eigenvalue weighted by molar-refractivity contribution is 8.00. The molecule has 3 rings (SSSR count). The highest BCUT2D eigenvalue weighted by atomic mass is 35.5. The van der Waals surface area contributed by atoms with Crippen LogP contribution in [0.1, 0.15) is 18.1 Å². The first-order chi connectivity index (χ1) is 14.3. The molecule has 0 aliphatic rings. The summed E-state index contributed by atoms with van der Waals surface area (Å²) in [6.45, 7) is 1.65. The van der Waals surface area contributed by atoms with Crippen molar-refractivity contribution in [3.63, 3.8) is 0 Å². The van der Waals surface area contributed by atoms with Gasteiger partial charge in [-0.05, 0) is 37.3 Å². The van der Waals surface area contributed by atoms with E-state index in [0.29, 0.717) is 21.5 Å². The van der Waals surface area contributed by atoms with Crippen molar-refractivity contribution in [3.05, 3.63) is 57.8 Å². The molecule has 0 saturated carbocycles. The van der Waals surface area contributed by atoms with E-state index in [1.165, 1.54) is 12.3 Å². The maximum Gasteiger partial charge on any atom is 0.237 e. The molecule has 3 N–H and O–H groups in total. The van der Waals surface area contributed by atoms with Gasteiger partial charge in [0.15, 0.2) is 0 Å². The third-order valence-corrected chi connectivity index (χ3v) is 5.85. The lowest BCUT2D eigenvalue weighted by Gasteiger charge is -2.15. The summed E-state index contributed by atoms with van der Waals surface area (Å²) >= 11 is 12.9. The average Bonchev–Trinajstić information content (AvgIpc) is 3.24. The van der Waals surface area contributed by atoms with E-state index >= 15 is 0 Å². The lowest BCUT2D eigenvalue weighted by molar-refractivity contribution is -0.115. The molecule has 7 nitrogen and oxygen atoms in total. The van der Waals surface area contributed by atoms with Gasteiger partial charge in [-0.1, -0.05) is 35.0 Å². The number of aromatic nitrogens is 1. The summed E-state index contributed by atoms with van der Waals surface area (Å²) in [6, 6.07) is 12.0. The zero-order valence-electron chi connectivity index (χ0n) is 15.4. The Hall–Kier alpha value is -3.17. The first-order valence-electron chi connectivity index (χ1n) is 8.45. The molecule has 2 aromatic heterocycles. The second kappa shape index (κ2) is 9.10. The SMILES string of the molecule is CC(Sc1nc(N)c(C#N)c(-c2ccco2)c1C#N)C(=O)Nc1ccc(Cl)c(Cl)c1. The number of amides is 1. The minimum Gasteiger partial charge on any atom is -0.464 e. The number of pyridine rings is 1. The number of rotatable bonds is 5. The maximum atomic E-state index is 12.6. The summed E-state index contributed by atoms with van der Waals surface area (Å²) in [5.74, 6) is -0.0824. The summed E-state index contributed by atoms with van der Waals surface area (Å²) in [5.41, 5.74) is 6.81. The minimum atomic E-state index is -0.643. The Balaban J connectivity index is 1.92. The molecule has 10 heteroatoms. The molecular formula is C20H13Cl2N5O2S. The molecule has 0 fully saturated rings. The van der Waals surface area contributed by atoms with Gasteiger partial charge in [-0.2, -0.15) is 10.5 Å². The summed E-state index contributed by atoms with van der Waals surface area (Å²) in [4.78, 5) is 16.8. The molecule has 1 unspecified atom stereocenters. The third kappa shape index (κ3) is 4.37. The van der Waals surface area contributed by atoms with Crippen molar-refractivity contribution in [2.45, 2.75) is 17.2 Å². The van der Waals surface area contributed by atoms with Crippen LogP contribution in [0.25, 0.3) is 11.3 Å². The van der Waals surface area contributed by atoms with Gasteiger partial charge in [0, 0.05) is 5.69 Å². The average molecular weight is 458 g/mol. The van der Waals surface area contributed by atoms with Crippen LogP contribution in [0.3, 0.4) is 0 Å². The van der Waals surface area contributed by atoms with Crippen molar-refractivity contribution in [2.75, 3.05) is 11.1 Å². The predicted octanol–water partition coefficient (Wildman–Crippen LogP) is 5.09. The number of hydrogen-bond acceptors (Lipinski definition) is 7. The number of hydrogen-bond donors (Lipinski definition) is 2. The van der Waals surface area contributed by atoms with Crippen molar-refractivity contribution in [1.29, 1.82) is 10.5 Å². The van der Waals surface area contributed by atoms with Crippen LogP contribution in [0, 0.1) is 22.7 Å². The molecule has 0 aliphatic heterocycles. The van der Waals surface area contributed by atoms with Gasteiger partial charge in [-0.25, -0.2) is 4.98 Å². The molecule has 30 heavy (non-hydrogen) atoms. The number of nitrogens with two attached hydrogens (primary N) is 1. The summed E-state index contributed by atoms with van der Waals surface area (Å²) < 4.78 is 5.37. The normalized spacial score (nSPS) is 11.4. The minimum absolute atomic E-state index is 0.0405. The number of carbonyl (C=O) groups excluding carboxylic acids is 1. The zero-order valence-corrected chi connectivity index (χ0v) is 17.8. The van der Waals surface area contributed by atoms with Gasteiger partial charge in [-0.3, -0.25) is 4.79 Å². The predicted molar refractivity (Wildman–Crippen MR) is 116 cm³/mol. The van der Waals surface area contributed by atoms with Crippen molar-refractivity contribution in [3.8, 4) is 23.5 Å². The topological polar surface area (TPSA) is 129 Å². The summed E-state index contributed by atoms with van der Waals surface area (Å²) in [7, 11) is 0. The molecule has 3 aromatic rings. The fourth-order valence-corrected chi connectivity index (χ4v) is 3.80. The van der Waals surface area contributed by atoms with Crippen molar-refractivity contribution in [1.82, 2.24) is 4.98 Å². The van der Waals surface area contributed by atoms with Crippen molar-refractivity contribution < 1.29 is 9.21 Å². The monoisotopic (exact) mass is 457 g/mol. The van der Waals surface area contributed by atoms with Crippen LogP contribution < -0.4 is 11.1 Å². The first-order valence-corrected chi connectivity index (χ1v) is 10.1. The van der Waals surface area contributed by atoms with E-state index in [2.05, 4.69) is 10.3 Å². The number of nitriles is 2. The third-order valence-electron chi connectivity index (χ3n) is 4.03. The Morgan fingerprint density at radius 1 is 1.23 bits per heavy atom. The molecule has 0 aliphatic carbocycles. The molecule has 0 radical (unpaired) electrons. The van der Waals surface area contributed by atoms with Crippen molar-refractivity contribution >= 4 is 52.4 Å². The fourth-order valence-electron chi connectivity index (χ4n) is 2.59. The molecule has 0 spiro atoms. The van der Waals surface area contributed by atoms with Gasteiger partial charge in [0.1, 0.15) is 34.3 Å². The quantitative estimate of drug-likeness (QED) is 0.510. The molecular weight excluding hydrogens is 445 g/mol. The Morgan fingerprint density at radius 3 is 2.57 bits per heavy atom. The number of benzene rings is 1. The Kier molecular flexibility index (Phi) is 6.53. The van der Waals surface area contributed by atoms with Crippen LogP contribution in [0.4, 0.5) is 11.5 Å². The summed E-state index contributed by atoms with van der Waals surface area (Å²) in [6.07, 6.45) is 1.42. The second-order valence-corrected chi connectivity index (χ2v) is 8.15. The Bertz CT molecular complexity index is 1200. The molecule has 1 atom stereocenters.